The van der Waals surface area contributed by atoms with E-state index in [1.54, 1.807) is 12.1 Å². The fraction of sp³-hybridized carbons (Fsp3) is 0.500. The largest absolute Gasteiger partial charge is 0.416 e. The van der Waals surface area contributed by atoms with E-state index in [4.69, 9.17) is 0 Å². The summed E-state index contributed by atoms with van der Waals surface area (Å²) in [7, 11) is 2.02. The lowest BCUT2D eigenvalue weighted by atomic mass is 9.89. The van der Waals surface area contributed by atoms with E-state index in [0.29, 0.717) is 24.0 Å². The minimum Gasteiger partial charge on any atom is -0.300 e. The number of alkyl halides is 6. The van der Waals surface area contributed by atoms with Crippen molar-refractivity contribution >= 4 is 0 Å². The summed E-state index contributed by atoms with van der Waals surface area (Å²) in [5.41, 5.74) is 0.102. The lowest BCUT2D eigenvalue weighted by Crippen LogP contribution is -2.44. The lowest BCUT2D eigenvalue weighted by Gasteiger charge is -2.40. The Balaban J connectivity index is 1.56. The summed E-state index contributed by atoms with van der Waals surface area (Å²) in [6.45, 7) is 0. The molecule has 1 aliphatic rings. The van der Waals surface area contributed by atoms with E-state index in [0.717, 1.165) is 44.2 Å². The van der Waals surface area contributed by atoms with Gasteiger partial charge in [-0.1, -0.05) is 42.8 Å². The van der Waals surface area contributed by atoms with E-state index in [9.17, 15) is 26.3 Å². The number of hydrogen-bond donors (Lipinski definition) is 0. The predicted octanol–water partition coefficient (Wildman–Crippen LogP) is 7.14. The second-order valence-electron chi connectivity index (χ2n) is 8.38. The van der Waals surface area contributed by atoms with Crippen LogP contribution in [-0.4, -0.2) is 24.0 Å². The molecule has 0 saturated carbocycles. The molecule has 0 bridgehead atoms. The molecule has 0 aliphatic carbocycles. The molecule has 7 heteroatoms. The molecule has 1 heterocycles. The summed E-state index contributed by atoms with van der Waals surface area (Å²) >= 11 is 0. The van der Waals surface area contributed by atoms with Gasteiger partial charge in [-0.2, -0.15) is 26.3 Å². The average molecular weight is 443 g/mol. The Morgan fingerprint density at radius 2 is 1.16 bits per heavy atom. The highest BCUT2D eigenvalue weighted by Crippen LogP contribution is 2.32. The molecule has 1 nitrogen and oxygen atoms in total. The number of piperidine rings is 1. The van der Waals surface area contributed by atoms with Crippen molar-refractivity contribution in [2.24, 2.45) is 0 Å². The molecular formula is C24H27F6N. The maximum Gasteiger partial charge on any atom is 0.416 e. The molecule has 0 spiro atoms. The first-order valence-electron chi connectivity index (χ1n) is 10.6. The summed E-state index contributed by atoms with van der Waals surface area (Å²) in [6, 6.07) is 11.5. The molecule has 3 rings (SSSR count). The molecule has 1 aliphatic heterocycles. The van der Waals surface area contributed by atoms with Crippen molar-refractivity contribution in [1.29, 1.82) is 0 Å². The SMILES string of the molecule is CN1[C@@H](CCc2cccc(C(F)(F)F)c2)CCC[C@H]1CCc1cccc(C(F)(F)F)c1. The highest BCUT2D eigenvalue weighted by molar-refractivity contribution is 5.26. The van der Waals surface area contributed by atoms with Crippen molar-refractivity contribution in [2.45, 2.75) is 69.4 Å². The van der Waals surface area contributed by atoms with Crippen LogP contribution in [0.1, 0.15) is 54.4 Å². The van der Waals surface area contributed by atoms with Crippen molar-refractivity contribution in [3.63, 3.8) is 0 Å². The third kappa shape index (κ3) is 6.48. The van der Waals surface area contributed by atoms with Crippen molar-refractivity contribution in [1.82, 2.24) is 4.90 Å². The van der Waals surface area contributed by atoms with E-state index in [-0.39, 0.29) is 12.1 Å². The van der Waals surface area contributed by atoms with Gasteiger partial charge in [0.15, 0.2) is 0 Å². The van der Waals surface area contributed by atoms with Crippen LogP contribution in [0.25, 0.3) is 0 Å². The molecule has 0 amide bonds. The molecular weight excluding hydrogens is 416 g/mol. The number of hydrogen-bond acceptors (Lipinski definition) is 1. The number of halogens is 6. The second kappa shape index (κ2) is 9.63. The first kappa shape index (κ1) is 23.6. The molecule has 2 aromatic carbocycles. The molecule has 1 saturated heterocycles. The average Bonchev–Trinajstić information content (AvgIpc) is 2.71. The van der Waals surface area contributed by atoms with Crippen LogP contribution in [0.15, 0.2) is 48.5 Å². The first-order valence-corrected chi connectivity index (χ1v) is 10.6. The zero-order chi connectivity index (χ0) is 22.6. The Morgan fingerprint density at radius 1 is 0.742 bits per heavy atom. The van der Waals surface area contributed by atoms with Gasteiger partial charge in [-0.15, -0.1) is 0 Å². The molecule has 170 valence electrons. The third-order valence-corrected chi connectivity index (χ3v) is 6.27. The highest BCUT2D eigenvalue weighted by atomic mass is 19.4. The van der Waals surface area contributed by atoms with Gasteiger partial charge in [0.1, 0.15) is 0 Å². The summed E-state index contributed by atoms with van der Waals surface area (Å²) in [5, 5.41) is 0. The van der Waals surface area contributed by atoms with Crippen molar-refractivity contribution in [2.75, 3.05) is 7.05 Å². The van der Waals surface area contributed by atoms with Crippen LogP contribution in [-0.2, 0) is 25.2 Å². The Hall–Kier alpha value is -2.02. The quantitative estimate of drug-likeness (QED) is 0.429. The maximum atomic E-state index is 12.9. The Morgan fingerprint density at radius 3 is 1.55 bits per heavy atom. The Bertz CT molecular complexity index is 788. The van der Waals surface area contributed by atoms with Crippen LogP contribution in [0.3, 0.4) is 0 Å². The fourth-order valence-corrected chi connectivity index (χ4v) is 4.46. The molecule has 0 N–H and O–H groups in total. The van der Waals surface area contributed by atoms with Gasteiger partial charge in [0.2, 0.25) is 0 Å². The third-order valence-electron chi connectivity index (χ3n) is 6.27. The molecule has 2 atom stereocenters. The van der Waals surface area contributed by atoms with Crippen molar-refractivity contribution < 1.29 is 26.3 Å². The van der Waals surface area contributed by atoms with Crippen LogP contribution in [0, 0.1) is 0 Å². The summed E-state index contributed by atoms with van der Waals surface area (Å²) in [5.74, 6) is 0. The van der Waals surface area contributed by atoms with Gasteiger partial charge >= 0.3 is 12.4 Å². The smallest absolute Gasteiger partial charge is 0.300 e. The number of benzene rings is 2. The summed E-state index contributed by atoms with van der Waals surface area (Å²) < 4.78 is 77.5. The van der Waals surface area contributed by atoms with Gasteiger partial charge in [-0.3, -0.25) is 0 Å². The number of rotatable bonds is 6. The standard InChI is InChI=1S/C24H27F6N/c1-31-21(13-11-17-5-2-7-19(15-17)23(25,26)27)9-4-10-22(31)14-12-18-6-3-8-20(16-18)24(28,29)30/h2-3,5-8,15-16,21-22H,4,9-14H2,1H3/t21-,22+. The van der Waals surface area contributed by atoms with E-state index in [1.807, 2.05) is 7.05 Å². The van der Waals surface area contributed by atoms with E-state index in [2.05, 4.69) is 4.90 Å². The van der Waals surface area contributed by atoms with Crippen molar-refractivity contribution in [3.8, 4) is 0 Å². The second-order valence-corrected chi connectivity index (χ2v) is 8.38. The number of aryl methyl sites for hydroxylation is 2. The number of likely N-dealkylation sites (tertiary alicyclic amines) is 1. The van der Waals surface area contributed by atoms with E-state index < -0.39 is 23.5 Å². The normalized spacial score (nSPS) is 20.7. The molecule has 0 unspecified atom stereocenters. The zero-order valence-electron chi connectivity index (χ0n) is 17.4. The maximum absolute atomic E-state index is 12.9. The van der Waals surface area contributed by atoms with E-state index >= 15 is 0 Å². The van der Waals surface area contributed by atoms with Crippen LogP contribution in [0.4, 0.5) is 26.3 Å². The molecule has 0 aromatic heterocycles. The van der Waals surface area contributed by atoms with Crippen molar-refractivity contribution in [3.05, 3.63) is 70.8 Å². The predicted molar refractivity (Wildman–Crippen MR) is 109 cm³/mol. The van der Waals surface area contributed by atoms with Crippen LogP contribution in [0.5, 0.6) is 0 Å². The Kier molecular flexibility index (Phi) is 7.35. The van der Waals surface area contributed by atoms with Gasteiger partial charge in [0, 0.05) is 12.1 Å². The van der Waals surface area contributed by atoms with Crippen LogP contribution in [0.2, 0.25) is 0 Å². The van der Waals surface area contributed by atoms with Gasteiger partial charge < -0.3 is 4.90 Å². The van der Waals surface area contributed by atoms with Gasteiger partial charge in [0.25, 0.3) is 0 Å². The zero-order valence-corrected chi connectivity index (χ0v) is 17.4. The fourth-order valence-electron chi connectivity index (χ4n) is 4.46. The molecule has 1 fully saturated rings. The molecule has 2 aromatic rings. The van der Waals surface area contributed by atoms with Crippen LogP contribution < -0.4 is 0 Å². The monoisotopic (exact) mass is 443 g/mol. The topological polar surface area (TPSA) is 3.24 Å². The van der Waals surface area contributed by atoms with E-state index in [1.165, 1.54) is 24.3 Å². The Labute approximate surface area is 179 Å². The molecule has 0 radical (unpaired) electrons. The highest BCUT2D eigenvalue weighted by Gasteiger charge is 2.32. The first-order chi connectivity index (χ1) is 14.5. The summed E-state index contributed by atoms with van der Waals surface area (Å²) in [6.07, 6.45) is -3.04. The van der Waals surface area contributed by atoms with Gasteiger partial charge in [0.05, 0.1) is 11.1 Å². The van der Waals surface area contributed by atoms with Crippen LogP contribution >= 0.6 is 0 Å². The van der Waals surface area contributed by atoms with Gasteiger partial charge in [-0.25, -0.2) is 0 Å². The minimum absolute atomic E-state index is 0.259. The summed E-state index contributed by atoms with van der Waals surface area (Å²) in [4.78, 5) is 2.27. The number of nitrogens with zero attached hydrogens (tertiary/aromatic N) is 1. The lowest BCUT2D eigenvalue weighted by molar-refractivity contribution is -0.138. The minimum atomic E-state index is -4.34. The van der Waals surface area contributed by atoms with Gasteiger partial charge in [-0.05, 0) is 68.8 Å². The molecule has 31 heavy (non-hydrogen) atoms.